The van der Waals surface area contributed by atoms with Gasteiger partial charge in [-0.15, -0.1) is 6.58 Å². The molecule has 0 heterocycles. The number of fused-ring (bicyclic) bond motifs is 1. The summed E-state index contributed by atoms with van der Waals surface area (Å²) in [5, 5.41) is 0. The van der Waals surface area contributed by atoms with E-state index in [1.165, 1.54) is 25.7 Å². The molecule has 4 atom stereocenters. The Morgan fingerprint density at radius 2 is 2.23 bits per heavy atom. The lowest BCUT2D eigenvalue weighted by atomic mass is 9.81. The number of hydrogen-bond acceptors (Lipinski definition) is 0. The fourth-order valence-corrected chi connectivity index (χ4v) is 3.15. The fourth-order valence-electron chi connectivity index (χ4n) is 3.15. The first kappa shape index (κ1) is 9.30. The van der Waals surface area contributed by atoms with E-state index >= 15 is 0 Å². The minimum absolute atomic E-state index is 0.894. The molecule has 2 fully saturated rings. The molecule has 0 bridgehead atoms. The summed E-state index contributed by atoms with van der Waals surface area (Å²) >= 11 is 0. The van der Waals surface area contributed by atoms with E-state index in [0.29, 0.717) is 0 Å². The van der Waals surface area contributed by atoms with E-state index in [1.807, 2.05) is 0 Å². The normalized spacial score (nSPS) is 41.2. The minimum atomic E-state index is 0.894. The maximum absolute atomic E-state index is 3.91. The van der Waals surface area contributed by atoms with Crippen LogP contribution in [-0.2, 0) is 0 Å². The third-order valence-corrected chi connectivity index (χ3v) is 4.04. The van der Waals surface area contributed by atoms with Crippen LogP contribution < -0.4 is 0 Å². The third kappa shape index (κ3) is 1.68. The van der Waals surface area contributed by atoms with Crippen LogP contribution in [0.1, 0.15) is 39.5 Å². The highest BCUT2D eigenvalue weighted by atomic mass is 14.6. The van der Waals surface area contributed by atoms with Crippen molar-refractivity contribution in [1.29, 1.82) is 0 Å². The van der Waals surface area contributed by atoms with E-state index in [9.17, 15) is 0 Å². The second kappa shape index (κ2) is 3.48. The molecule has 0 aromatic carbocycles. The van der Waals surface area contributed by atoms with Crippen LogP contribution >= 0.6 is 0 Å². The van der Waals surface area contributed by atoms with Gasteiger partial charge in [-0.25, -0.2) is 0 Å². The van der Waals surface area contributed by atoms with Gasteiger partial charge in [0.25, 0.3) is 0 Å². The predicted octanol–water partition coefficient (Wildman–Crippen LogP) is 3.88. The molecule has 2 saturated carbocycles. The van der Waals surface area contributed by atoms with Gasteiger partial charge in [0.1, 0.15) is 0 Å². The van der Waals surface area contributed by atoms with Crippen molar-refractivity contribution in [2.75, 3.05) is 0 Å². The summed E-state index contributed by atoms with van der Waals surface area (Å²) in [6.07, 6.45) is 8.07. The Hall–Kier alpha value is -0.260. The van der Waals surface area contributed by atoms with E-state index in [0.717, 1.165) is 29.6 Å². The van der Waals surface area contributed by atoms with Crippen LogP contribution in [0.4, 0.5) is 0 Å². The summed E-state index contributed by atoms with van der Waals surface area (Å²) in [6, 6.07) is 0. The van der Waals surface area contributed by atoms with Crippen LogP contribution in [0.25, 0.3) is 0 Å². The molecule has 0 spiro atoms. The lowest BCUT2D eigenvalue weighted by molar-refractivity contribution is 0.258. The zero-order valence-electron chi connectivity index (χ0n) is 9.00. The lowest BCUT2D eigenvalue weighted by Crippen LogP contribution is -2.15. The van der Waals surface area contributed by atoms with Crippen LogP contribution in [0.2, 0.25) is 0 Å². The van der Waals surface area contributed by atoms with Gasteiger partial charge in [-0.1, -0.05) is 39.2 Å². The van der Waals surface area contributed by atoms with Gasteiger partial charge in [-0.2, -0.15) is 0 Å². The largest absolute Gasteiger partial charge is 0.103 e. The standard InChI is InChI=1S/C13H22/c1-4-11-12-8-10(13(11)12)7-5-6-9(2)3/h4,9-13H,1,5-8H2,2-3H3. The molecule has 2 rings (SSSR count). The van der Waals surface area contributed by atoms with Gasteiger partial charge in [-0.05, 0) is 36.0 Å². The fraction of sp³-hybridized carbons (Fsp3) is 0.846. The highest BCUT2D eigenvalue weighted by Crippen LogP contribution is 2.66. The molecule has 0 radical (unpaired) electrons. The van der Waals surface area contributed by atoms with Gasteiger partial charge < -0.3 is 0 Å². The monoisotopic (exact) mass is 178 g/mol. The summed E-state index contributed by atoms with van der Waals surface area (Å²) in [6.45, 7) is 8.56. The van der Waals surface area contributed by atoms with Crippen LogP contribution in [0, 0.1) is 29.6 Å². The average Bonchev–Trinajstić information content (AvgIpc) is 2.63. The lowest BCUT2D eigenvalue weighted by Gasteiger charge is -2.24. The minimum Gasteiger partial charge on any atom is -0.103 e. The molecule has 0 nitrogen and oxygen atoms in total. The summed E-state index contributed by atoms with van der Waals surface area (Å²) in [4.78, 5) is 0. The smallest absolute Gasteiger partial charge is 0.0171 e. The molecule has 13 heavy (non-hydrogen) atoms. The Morgan fingerprint density at radius 3 is 2.77 bits per heavy atom. The zero-order chi connectivity index (χ0) is 9.42. The highest BCUT2D eigenvalue weighted by Gasteiger charge is 2.60. The molecule has 0 aromatic rings. The third-order valence-electron chi connectivity index (χ3n) is 4.04. The Labute approximate surface area is 82.4 Å². The maximum Gasteiger partial charge on any atom is -0.0171 e. The summed E-state index contributed by atoms with van der Waals surface area (Å²) in [7, 11) is 0. The Bertz CT molecular complexity index is 192. The summed E-state index contributed by atoms with van der Waals surface area (Å²) < 4.78 is 0. The average molecular weight is 178 g/mol. The molecule has 4 unspecified atom stereocenters. The van der Waals surface area contributed by atoms with Gasteiger partial charge in [0.2, 0.25) is 0 Å². The molecule has 0 aliphatic heterocycles. The zero-order valence-corrected chi connectivity index (χ0v) is 9.00. The van der Waals surface area contributed by atoms with Crippen LogP contribution in [0.3, 0.4) is 0 Å². The van der Waals surface area contributed by atoms with Gasteiger partial charge in [-0.3, -0.25) is 0 Å². The quantitative estimate of drug-likeness (QED) is 0.560. The first-order valence-electron chi connectivity index (χ1n) is 5.86. The van der Waals surface area contributed by atoms with E-state index in [-0.39, 0.29) is 0 Å². The summed E-state index contributed by atoms with van der Waals surface area (Å²) in [5.74, 6) is 5.03. The SMILES string of the molecule is C=CC1C2CC(CCCC(C)C)C12. The van der Waals surface area contributed by atoms with Crippen molar-refractivity contribution in [3.8, 4) is 0 Å². The molecule has 0 heteroatoms. The van der Waals surface area contributed by atoms with Crippen molar-refractivity contribution in [1.82, 2.24) is 0 Å². The molecule has 74 valence electrons. The molecule has 0 N–H and O–H groups in total. The van der Waals surface area contributed by atoms with Gasteiger partial charge in [0, 0.05) is 0 Å². The summed E-state index contributed by atoms with van der Waals surface area (Å²) in [5.41, 5.74) is 0. The van der Waals surface area contributed by atoms with Crippen LogP contribution in [0.15, 0.2) is 12.7 Å². The predicted molar refractivity (Wildman–Crippen MR) is 57.5 cm³/mol. The van der Waals surface area contributed by atoms with Crippen molar-refractivity contribution >= 4 is 0 Å². The van der Waals surface area contributed by atoms with E-state index in [4.69, 9.17) is 0 Å². The van der Waals surface area contributed by atoms with Gasteiger partial charge in [0.15, 0.2) is 0 Å². The Balaban J connectivity index is 1.61. The number of rotatable bonds is 5. The van der Waals surface area contributed by atoms with Crippen LogP contribution in [0.5, 0.6) is 0 Å². The molecular formula is C13H22. The second-order valence-electron chi connectivity index (χ2n) is 5.37. The van der Waals surface area contributed by atoms with E-state index in [2.05, 4.69) is 26.5 Å². The number of allylic oxidation sites excluding steroid dienone is 1. The first-order valence-corrected chi connectivity index (χ1v) is 5.86. The van der Waals surface area contributed by atoms with E-state index in [1.54, 1.807) is 0 Å². The van der Waals surface area contributed by atoms with E-state index < -0.39 is 0 Å². The molecule has 2 aliphatic rings. The maximum atomic E-state index is 3.91. The van der Waals surface area contributed by atoms with Crippen LogP contribution in [-0.4, -0.2) is 0 Å². The van der Waals surface area contributed by atoms with Gasteiger partial charge in [0.05, 0.1) is 0 Å². The highest BCUT2D eigenvalue weighted by molar-refractivity contribution is 5.15. The van der Waals surface area contributed by atoms with Crippen molar-refractivity contribution in [2.24, 2.45) is 29.6 Å². The molecule has 2 aliphatic carbocycles. The molecule has 0 amide bonds. The Kier molecular flexibility index (Phi) is 2.49. The van der Waals surface area contributed by atoms with Crippen molar-refractivity contribution in [2.45, 2.75) is 39.5 Å². The van der Waals surface area contributed by atoms with Crippen molar-refractivity contribution in [3.63, 3.8) is 0 Å². The molecular weight excluding hydrogens is 156 g/mol. The second-order valence-corrected chi connectivity index (χ2v) is 5.37. The van der Waals surface area contributed by atoms with Gasteiger partial charge >= 0.3 is 0 Å². The van der Waals surface area contributed by atoms with Crippen molar-refractivity contribution in [3.05, 3.63) is 12.7 Å². The molecule has 0 aromatic heterocycles. The molecule has 0 saturated heterocycles. The number of hydrogen-bond donors (Lipinski definition) is 0. The topological polar surface area (TPSA) is 0 Å². The van der Waals surface area contributed by atoms with Crippen molar-refractivity contribution < 1.29 is 0 Å². The first-order chi connectivity index (χ1) is 6.24. The Morgan fingerprint density at radius 1 is 1.46 bits per heavy atom.